The highest BCUT2D eigenvalue weighted by Gasteiger charge is 1.99. The summed E-state index contributed by atoms with van der Waals surface area (Å²) in [7, 11) is 0. The zero-order chi connectivity index (χ0) is 10.4. The average Bonchev–Trinajstić information content (AvgIpc) is 2.11. The molecule has 0 heteroatoms. The van der Waals surface area contributed by atoms with Crippen LogP contribution in [0.2, 0.25) is 0 Å². The number of allylic oxidation sites excluding steroid dienone is 7. The molecule has 0 fully saturated rings. The zero-order valence-electron chi connectivity index (χ0n) is 8.85. The third kappa shape index (κ3) is 3.29. The van der Waals surface area contributed by atoms with Gasteiger partial charge in [0.05, 0.1) is 0 Å². The predicted octanol–water partition coefficient (Wildman–Crippen LogP) is 4.20. The van der Waals surface area contributed by atoms with Crippen LogP contribution < -0.4 is 0 Å². The van der Waals surface area contributed by atoms with E-state index in [2.05, 4.69) is 33.6 Å². The molecular weight excluding hydrogens is 156 g/mol. The standard InChI is InChI=1S/C13H18/c1-7-9-13(8-2)12(6)11(5)10(3)4/h7-9H,1-3H2,4-6H3/b12-11-,13-9+. The van der Waals surface area contributed by atoms with Gasteiger partial charge in [0.1, 0.15) is 0 Å². The van der Waals surface area contributed by atoms with Gasteiger partial charge in [-0.15, -0.1) is 0 Å². The van der Waals surface area contributed by atoms with Gasteiger partial charge in [0, 0.05) is 0 Å². The van der Waals surface area contributed by atoms with E-state index >= 15 is 0 Å². The quantitative estimate of drug-likeness (QED) is 0.560. The average molecular weight is 174 g/mol. The fourth-order valence-corrected chi connectivity index (χ4v) is 1.01. The van der Waals surface area contributed by atoms with Gasteiger partial charge < -0.3 is 0 Å². The third-order valence-corrected chi connectivity index (χ3v) is 2.15. The molecule has 0 aromatic heterocycles. The lowest BCUT2D eigenvalue weighted by Crippen LogP contribution is -1.88. The van der Waals surface area contributed by atoms with E-state index in [1.54, 1.807) is 6.08 Å². The van der Waals surface area contributed by atoms with Gasteiger partial charge in [-0.3, -0.25) is 0 Å². The molecule has 0 rings (SSSR count). The van der Waals surface area contributed by atoms with E-state index in [0.717, 1.165) is 11.1 Å². The van der Waals surface area contributed by atoms with Gasteiger partial charge in [0.15, 0.2) is 0 Å². The molecule has 0 aliphatic heterocycles. The Morgan fingerprint density at radius 3 is 1.85 bits per heavy atom. The van der Waals surface area contributed by atoms with Crippen LogP contribution in [0.3, 0.4) is 0 Å². The maximum Gasteiger partial charge on any atom is -0.0231 e. The Morgan fingerprint density at radius 1 is 1.00 bits per heavy atom. The Hall–Kier alpha value is -1.30. The Bertz CT molecular complexity index is 285. The molecule has 0 radical (unpaired) electrons. The van der Waals surface area contributed by atoms with Crippen molar-refractivity contribution in [3.8, 4) is 0 Å². The van der Waals surface area contributed by atoms with Crippen LogP contribution in [0.5, 0.6) is 0 Å². The largest absolute Gasteiger partial charge is 0.0990 e. The lowest BCUT2D eigenvalue weighted by Gasteiger charge is -2.07. The molecule has 0 aliphatic carbocycles. The van der Waals surface area contributed by atoms with Gasteiger partial charge >= 0.3 is 0 Å². The van der Waals surface area contributed by atoms with Gasteiger partial charge in [-0.05, 0) is 37.5 Å². The summed E-state index contributed by atoms with van der Waals surface area (Å²) in [6.07, 6.45) is 5.56. The van der Waals surface area contributed by atoms with Crippen LogP contribution in [0.15, 0.2) is 60.3 Å². The van der Waals surface area contributed by atoms with Crippen LogP contribution in [0.25, 0.3) is 0 Å². The van der Waals surface area contributed by atoms with Gasteiger partial charge in [0.2, 0.25) is 0 Å². The minimum Gasteiger partial charge on any atom is -0.0990 e. The van der Waals surface area contributed by atoms with Crippen molar-refractivity contribution in [1.82, 2.24) is 0 Å². The first-order chi connectivity index (χ1) is 6.04. The summed E-state index contributed by atoms with van der Waals surface area (Å²) in [5, 5.41) is 0. The fraction of sp³-hybridized carbons (Fsp3) is 0.231. The molecule has 0 saturated carbocycles. The van der Waals surface area contributed by atoms with Crippen molar-refractivity contribution in [2.75, 3.05) is 0 Å². The molecule has 0 atom stereocenters. The first-order valence-corrected chi connectivity index (χ1v) is 4.33. The molecule has 0 unspecified atom stereocenters. The highest BCUT2D eigenvalue weighted by Crippen LogP contribution is 2.19. The smallest absolute Gasteiger partial charge is 0.0231 e. The molecule has 0 aromatic rings. The summed E-state index contributed by atoms with van der Waals surface area (Å²) in [6, 6.07) is 0. The minimum atomic E-state index is 1.09. The van der Waals surface area contributed by atoms with Crippen LogP contribution in [0, 0.1) is 0 Å². The lowest BCUT2D eigenvalue weighted by molar-refractivity contribution is 1.26. The van der Waals surface area contributed by atoms with Crippen molar-refractivity contribution in [3.63, 3.8) is 0 Å². The molecule has 0 aromatic carbocycles. The first-order valence-electron chi connectivity index (χ1n) is 4.33. The second-order valence-electron chi connectivity index (χ2n) is 3.09. The van der Waals surface area contributed by atoms with Gasteiger partial charge in [-0.1, -0.05) is 43.5 Å². The minimum absolute atomic E-state index is 1.09. The summed E-state index contributed by atoms with van der Waals surface area (Å²) in [4.78, 5) is 0. The van der Waals surface area contributed by atoms with Crippen molar-refractivity contribution in [2.45, 2.75) is 20.8 Å². The SMILES string of the molecule is C=C/C=C(C=C)/C(C)=C(/C)C(=C)C. The molecule has 0 bridgehead atoms. The third-order valence-electron chi connectivity index (χ3n) is 2.15. The van der Waals surface area contributed by atoms with Crippen molar-refractivity contribution in [3.05, 3.63) is 60.3 Å². The summed E-state index contributed by atoms with van der Waals surface area (Å²) in [5.74, 6) is 0. The van der Waals surface area contributed by atoms with Gasteiger partial charge in [0.25, 0.3) is 0 Å². The Labute approximate surface area is 81.7 Å². The highest BCUT2D eigenvalue weighted by molar-refractivity contribution is 5.46. The molecule has 0 nitrogen and oxygen atoms in total. The molecular formula is C13H18. The topological polar surface area (TPSA) is 0 Å². The molecule has 0 aliphatic rings. The number of rotatable bonds is 4. The van der Waals surface area contributed by atoms with E-state index in [1.165, 1.54) is 11.1 Å². The normalized spacial score (nSPS) is 13.3. The molecule has 0 heterocycles. The molecule has 13 heavy (non-hydrogen) atoms. The number of hydrogen-bond acceptors (Lipinski definition) is 0. The van der Waals surface area contributed by atoms with E-state index in [0.29, 0.717) is 0 Å². The van der Waals surface area contributed by atoms with Crippen molar-refractivity contribution >= 4 is 0 Å². The second kappa shape index (κ2) is 5.36. The lowest BCUT2D eigenvalue weighted by atomic mass is 9.98. The Morgan fingerprint density at radius 2 is 1.54 bits per heavy atom. The highest BCUT2D eigenvalue weighted by atomic mass is 14.0. The van der Waals surface area contributed by atoms with Crippen LogP contribution >= 0.6 is 0 Å². The predicted molar refractivity (Wildman–Crippen MR) is 61.7 cm³/mol. The van der Waals surface area contributed by atoms with E-state index in [4.69, 9.17) is 0 Å². The first kappa shape index (κ1) is 11.7. The molecule has 0 N–H and O–H groups in total. The molecule has 70 valence electrons. The maximum atomic E-state index is 3.91. The Kier molecular flexibility index (Phi) is 4.83. The molecule has 0 amide bonds. The fourth-order valence-electron chi connectivity index (χ4n) is 1.01. The summed E-state index contributed by atoms with van der Waals surface area (Å²) in [6.45, 7) is 17.5. The number of hydrogen-bond donors (Lipinski definition) is 0. The van der Waals surface area contributed by atoms with Crippen LogP contribution in [0.4, 0.5) is 0 Å². The van der Waals surface area contributed by atoms with E-state index in [1.807, 2.05) is 19.1 Å². The zero-order valence-corrected chi connectivity index (χ0v) is 8.85. The van der Waals surface area contributed by atoms with Crippen LogP contribution in [-0.4, -0.2) is 0 Å². The van der Waals surface area contributed by atoms with Crippen LogP contribution in [-0.2, 0) is 0 Å². The van der Waals surface area contributed by atoms with E-state index in [9.17, 15) is 0 Å². The Balaban J connectivity index is 5.15. The monoisotopic (exact) mass is 174 g/mol. The molecule has 0 saturated heterocycles. The van der Waals surface area contributed by atoms with Gasteiger partial charge in [-0.25, -0.2) is 0 Å². The maximum absolute atomic E-state index is 3.91. The molecule has 0 spiro atoms. The summed E-state index contributed by atoms with van der Waals surface area (Å²) < 4.78 is 0. The summed E-state index contributed by atoms with van der Waals surface area (Å²) in [5.41, 5.74) is 4.63. The van der Waals surface area contributed by atoms with Crippen molar-refractivity contribution in [1.29, 1.82) is 0 Å². The summed E-state index contributed by atoms with van der Waals surface area (Å²) >= 11 is 0. The van der Waals surface area contributed by atoms with Crippen molar-refractivity contribution in [2.24, 2.45) is 0 Å². The van der Waals surface area contributed by atoms with Gasteiger partial charge in [-0.2, -0.15) is 0 Å². The van der Waals surface area contributed by atoms with Crippen LogP contribution in [0.1, 0.15) is 20.8 Å². The van der Waals surface area contributed by atoms with E-state index in [-0.39, 0.29) is 0 Å². The van der Waals surface area contributed by atoms with E-state index < -0.39 is 0 Å². The van der Waals surface area contributed by atoms with Crippen molar-refractivity contribution < 1.29 is 0 Å². The second-order valence-corrected chi connectivity index (χ2v) is 3.09.